The van der Waals surface area contributed by atoms with Crippen LogP contribution in [0.3, 0.4) is 0 Å². The number of amides is 1. The first-order chi connectivity index (χ1) is 9.84. The lowest BCUT2D eigenvalue weighted by Crippen LogP contribution is -2.22. The third-order valence-corrected chi connectivity index (χ3v) is 4.12. The highest BCUT2D eigenvalue weighted by atomic mass is 16.1. The Labute approximate surface area is 119 Å². The first-order valence-electron chi connectivity index (χ1n) is 7.21. The molecule has 0 bridgehead atoms. The van der Waals surface area contributed by atoms with E-state index in [1.54, 1.807) is 0 Å². The maximum atomic E-state index is 11.9. The first-order valence-corrected chi connectivity index (χ1v) is 7.21. The molecule has 2 nitrogen and oxygen atoms in total. The van der Waals surface area contributed by atoms with Crippen molar-refractivity contribution in [3.63, 3.8) is 0 Å². The van der Waals surface area contributed by atoms with Gasteiger partial charge >= 0.3 is 0 Å². The second kappa shape index (κ2) is 5.91. The fourth-order valence-electron chi connectivity index (χ4n) is 3.13. The standard InChI is InChI=1S/C18H19NO/c20-18-13-17(15-9-5-2-6-10-15)16(11-12-19-18)14-7-3-1-4-8-14/h1-10,16-17H,11-13H2,(H,19,20). The summed E-state index contributed by atoms with van der Waals surface area (Å²) >= 11 is 0. The van der Waals surface area contributed by atoms with Crippen molar-refractivity contribution in [1.82, 2.24) is 5.32 Å². The number of nitrogens with one attached hydrogen (secondary N) is 1. The number of hydrogen-bond donors (Lipinski definition) is 1. The highest BCUT2D eigenvalue weighted by Gasteiger charge is 2.29. The minimum absolute atomic E-state index is 0.164. The maximum Gasteiger partial charge on any atom is 0.220 e. The molecular formula is C18H19NO. The van der Waals surface area contributed by atoms with Gasteiger partial charge in [-0.25, -0.2) is 0 Å². The van der Waals surface area contributed by atoms with E-state index in [-0.39, 0.29) is 11.8 Å². The Kier molecular flexibility index (Phi) is 3.82. The molecule has 0 spiro atoms. The third kappa shape index (κ3) is 2.74. The predicted octanol–water partition coefficient (Wildman–Crippen LogP) is 3.46. The number of carbonyl (C=O) groups is 1. The van der Waals surface area contributed by atoms with E-state index in [9.17, 15) is 4.79 Å². The number of carbonyl (C=O) groups excluding carboxylic acids is 1. The van der Waals surface area contributed by atoms with Crippen molar-refractivity contribution in [2.24, 2.45) is 0 Å². The predicted molar refractivity (Wildman–Crippen MR) is 80.6 cm³/mol. The van der Waals surface area contributed by atoms with E-state index >= 15 is 0 Å². The summed E-state index contributed by atoms with van der Waals surface area (Å²) in [5.41, 5.74) is 2.59. The second-order valence-electron chi connectivity index (χ2n) is 5.38. The van der Waals surface area contributed by atoms with Crippen LogP contribution in [0.15, 0.2) is 60.7 Å². The fraction of sp³-hybridized carbons (Fsp3) is 0.278. The van der Waals surface area contributed by atoms with E-state index in [2.05, 4.69) is 53.8 Å². The van der Waals surface area contributed by atoms with Gasteiger partial charge in [-0.15, -0.1) is 0 Å². The molecule has 2 atom stereocenters. The molecule has 1 heterocycles. The van der Waals surface area contributed by atoms with Crippen LogP contribution in [0.25, 0.3) is 0 Å². The van der Waals surface area contributed by atoms with Gasteiger partial charge in [0.1, 0.15) is 0 Å². The molecule has 2 heteroatoms. The summed E-state index contributed by atoms with van der Waals surface area (Å²) < 4.78 is 0. The summed E-state index contributed by atoms with van der Waals surface area (Å²) in [7, 11) is 0. The van der Waals surface area contributed by atoms with Crippen LogP contribution in [0.1, 0.15) is 35.8 Å². The molecule has 0 radical (unpaired) electrons. The Hall–Kier alpha value is -2.09. The molecule has 0 aromatic heterocycles. The molecule has 1 fully saturated rings. The van der Waals surface area contributed by atoms with Gasteiger partial charge in [0.25, 0.3) is 0 Å². The zero-order valence-electron chi connectivity index (χ0n) is 11.5. The average Bonchev–Trinajstić information content (AvgIpc) is 2.71. The van der Waals surface area contributed by atoms with Crippen LogP contribution in [0, 0.1) is 0 Å². The van der Waals surface area contributed by atoms with Gasteiger partial charge in [0.15, 0.2) is 0 Å². The average molecular weight is 265 g/mol. The summed E-state index contributed by atoms with van der Waals surface area (Å²) in [5.74, 6) is 0.830. The van der Waals surface area contributed by atoms with Gasteiger partial charge in [-0.2, -0.15) is 0 Å². The van der Waals surface area contributed by atoms with E-state index in [0.29, 0.717) is 12.3 Å². The maximum absolute atomic E-state index is 11.9. The molecule has 3 rings (SSSR count). The first kappa shape index (κ1) is 12.9. The molecule has 1 N–H and O–H groups in total. The minimum atomic E-state index is 0.164. The lowest BCUT2D eigenvalue weighted by molar-refractivity contribution is -0.121. The van der Waals surface area contributed by atoms with E-state index < -0.39 is 0 Å². The molecule has 1 amide bonds. The number of hydrogen-bond acceptors (Lipinski definition) is 1. The van der Waals surface area contributed by atoms with Crippen LogP contribution in [0.4, 0.5) is 0 Å². The normalized spacial score (nSPS) is 22.9. The smallest absolute Gasteiger partial charge is 0.220 e. The van der Waals surface area contributed by atoms with Gasteiger partial charge in [0.2, 0.25) is 5.91 Å². The van der Waals surface area contributed by atoms with E-state index in [4.69, 9.17) is 0 Å². The molecule has 1 aliphatic rings. The quantitative estimate of drug-likeness (QED) is 0.885. The largest absolute Gasteiger partial charge is 0.356 e. The van der Waals surface area contributed by atoms with Gasteiger partial charge in [-0.1, -0.05) is 60.7 Å². The van der Waals surface area contributed by atoms with Crippen molar-refractivity contribution in [3.8, 4) is 0 Å². The van der Waals surface area contributed by atoms with Crippen molar-refractivity contribution in [3.05, 3.63) is 71.8 Å². The highest BCUT2D eigenvalue weighted by Crippen LogP contribution is 2.39. The van der Waals surface area contributed by atoms with Crippen LogP contribution >= 0.6 is 0 Å². The van der Waals surface area contributed by atoms with Gasteiger partial charge < -0.3 is 5.32 Å². The topological polar surface area (TPSA) is 29.1 Å². The molecule has 2 aromatic carbocycles. The fourth-order valence-corrected chi connectivity index (χ4v) is 3.13. The van der Waals surface area contributed by atoms with Gasteiger partial charge in [-0.05, 0) is 29.4 Å². The van der Waals surface area contributed by atoms with Crippen molar-refractivity contribution >= 4 is 5.91 Å². The Balaban J connectivity index is 1.98. The van der Waals surface area contributed by atoms with Gasteiger partial charge in [0, 0.05) is 13.0 Å². The molecule has 20 heavy (non-hydrogen) atoms. The lowest BCUT2D eigenvalue weighted by Gasteiger charge is -2.25. The van der Waals surface area contributed by atoms with E-state index in [1.165, 1.54) is 11.1 Å². The van der Waals surface area contributed by atoms with Crippen molar-refractivity contribution in [2.75, 3.05) is 6.54 Å². The second-order valence-corrected chi connectivity index (χ2v) is 5.38. The summed E-state index contributed by atoms with van der Waals surface area (Å²) in [5, 5.41) is 3.01. The van der Waals surface area contributed by atoms with Crippen LogP contribution in [0.2, 0.25) is 0 Å². The molecule has 1 saturated heterocycles. The SMILES string of the molecule is O=C1CC(c2ccccc2)C(c2ccccc2)CCN1. The van der Waals surface area contributed by atoms with Crippen molar-refractivity contribution in [1.29, 1.82) is 0 Å². The Morgan fingerprint density at radius 3 is 1.95 bits per heavy atom. The van der Waals surface area contributed by atoms with Crippen LogP contribution in [0.5, 0.6) is 0 Å². The highest BCUT2D eigenvalue weighted by molar-refractivity contribution is 5.77. The summed E-state index contributed by atoms with van der Waals surface area (Å²) in [6.45, 7) is 0.766. The van der Waals surface area contributed by atoms with Gasteiger partial charge in [0.05, 0.1) is 0 Å². The lowest BCUT2D eigenvalue weighted by atomic mass is 9.78. The number of rotatable bonds is 2. The third-order valence-electron chi connectivity index (χ3n) is 4.12. The van der Waals surface area contributed by atoms with Crippen molar-refractivity contribution in [2.45, 2.75) is 24.7 Å². The van der Waals surface area contributed by atoms with Crippen molar-refractivity contribution < 1.29 is 4.79 Å². The van der Waals surface area contributed by atoms with Crippen LogP contribution in [-0.4, -0.2) is 12.5 Å². The minimum Gasteiger partial charge on any atom is -0.356 e. The molecule has 0 aliphatic carbocycles. The zero-order chi connectivity index (χ0) is 13.8. The van der Waals surface area contributed by atoms with Crippen LogP contribution < -0.4 is 5.32 Å². The zero-order valence-corrected chi connectivity index (χ0v) is 11.5. The van der Waals surface area contributed by atoms with E-state index in [0.717, 1.165) is 13.0 Å². The molecular weight excluding hydrogens is 246 g/mol. The Morgan fingerprint density at radius 2 is 1.35 bits per heavy atom. The summed E-state index contributed by atoms with van der Waals surface area (Å²) in [6, 6.07) is 21.0. The summed E-state index contributed by atoms with van der Waals surface area (Å²) in [4.78, 5) is 11.9. The monoisotopic (exact) mass is 265 g/mol. The molecule has 2 aromatic rings. The molecule has 1 aliphatic heterocycles. The molecule has 2 unspecified atom stereocenters. The Morgan fingerprint density at radius 1 is 0.800 bits per heavy atom. The summed E-state index contributed by atoms with van der Waals surface area (Å²) in [6.07, 6.45) is 1.57. The number of benzene rings is 2. The Bertz CT molecular complexity index is 564. The van der Waals surface area contributed by atoms with Crippen LogP contribution in [-0.2, 0) is 4.79 Å². The van der Waals surface area contributed by atoms with E-state index in [1.807, 2.05) is 12.1 Å². The van der Waals surface area contributed by atoms with Gasteiger partial charge in [-0.3, -0.25) is 4.79 Å². The molecule has 0 saturated carbocycles. The molecule has 102 valence electrons.